The highest BCUT2D eigenvalue weighted by Crippen LogP contribution is 2.38. The van der Waals surface area contributed by atoms with E-state index >= 15 is 0 Å². The minimum atomic E-state index is -4.14. The topological polar surface area (TPSA) is 99.2 Å². The summed E-state index contributed by atoms with van der Waals surface area (Å²) < 4.78 is 65.4. The van der Waals surface area contributed by atoms with Gasteiger partial charge in [0.1, 0.15) is 11.4 Å². The van der Waals surface area contributed by atoms with Gasteiger partial charge in [0.25, 0.3) is 5.91 Å². The molecule has 2 heterocycles. The number of carbonyl (C=O) groups is 2. The molecule has 1 spiro atoms. The molecule has 1 aliphatic carbocycles. The van der Waals surface area contributed by atoms with E-state index in [2.05, 4.69) is 5.32 Å². The Morgan fingerprint density at radius 3 is 2.27 bits per heavy atom. The van der Waals surface area contributed by atoms with Gasteiger partial charge in [0.2, 0.25) is 15.9 Å². The maximum Gasteiger partial charge on any atom is 0.389 e. The number of nitrogens with one attached hydrogen (secondary N) is 1. The van der Waals surface area contributed by atoms with E-state index in [1.54, 1.807) is 13.1 Å². The minimum absolute atomic E-state index is 0.0123. The minimum Gasteiger partial charge on any atom is -0.316 e. The number of carbonyl (C=O) groups excluding carboxylic acids is 2. The molecule has 12 heteroatoms. The van der Waals surface area contributed by atoms with Crippen LogP contribution in [0.1, 0.15) is 75.0 Å². The van der Waals surface area contributed by atoms with Crippen LogP contribution in [0.15, 0.2) is 22.5 Å². The van der Waals surface area contributed by atoms with Crippen LogP contribution in [0.5, 0.6) is 0 Å². The van der Waals surface area contributed by atoms with Gasteiger partial charge in [-0.2, -0.15) is 17.5 Å². The fraction of sp³-hybridized carbons (Fsp3) is 0.621. The third-order valence-electron chi connectivity index (χ3n) is 8.82. The summed E-state index contributed by atoms with van der Waals surface area (Å²) in [5, 5.41) is 4.10. The maximum atomic E-state index is 13.2. The van der Waals surface area contributed by atoms with Crippen LogP contribution in [0.3, 0.4) is 0 Å². The van der Waals surface area contributed by atoms with E-state index in [4.69, 9.17) is 4.99 Å². The number of amidine groups is 1. The summed E-state index contributed by atoms with van der Waals surface area (Å²) in [6.07, 6.45) is 0.0737. The Labute approximate surface area is 240 Å². The van der Waals surface area contributed by atoms with Gasteiger partial charge in [-0.1, -0.05) is 0 Å². The van der Waals surface area contributed by atoms with Crippen molar-refractivity contribution in [3.8, 4) is 0 Å². The van der Waals surface area contributed by atoms with Crippen molar-refractivity contribution >= 4 is 39.4 Å². The summed E-state index contributed by atoms with van der Waals surface area (Å²) in [5.74, 6) is 0.329. The third kappa shape index (κ3) is 7.20. The van der Waals surface area contributed by atoms with E-state index < -0.39 is 28.2 Å². The molecule has 1 N–H and O–H groups in total. The number of amides is 2. The second-order valence-electron chi connectivity index (χ2n) is 11.7. The number of rotatable bonds is 7. The lowest BCUT2D eigenvalue weighted by Crippen LogP contribution is -2.50. The predicted molar refractivity (Wildman–Crippen MR) is 153 cm³/mol. The SMILES string of the molecule is CC(=O)N(C)c1cc(C)c(/C=C/S(=O)(=O)N2CCC3(CC2)N=C(C2CCC(CCC(F)(F)F)CC2)NC3=O)c(C)c1. The molecule has 1 aromatic rings. The van der Waals surface area contributed by atoms with Gasteiger partial charge in [-0.25, -0.2) is 8.42 Å². The standard InChI is InChI=1S/C29H39F3N4O4S/c1-19-17-24(35(4)21(3)37)18-20(2)25(19)10-16-41(39,40)36-14-12-28(13-15-36)27(38)33-26(34-28)23-7-5-22(6-8-23)9-11-29(30,31)32/h10,16-18,22-23H,5-9,11-15H2,1-4H3,(H,33,34,38)/b16-10+. The Bertz CT molecular complexity index is 1320. The Morgan fingerprint density at radius 2 is 1.73 bits per heavy atom. The van der Waals surface area contributed by atoms with E-state index in [-0.39, 0.29) is 56.0 Å². The van der Waals surface area contributed by atoms with Crippen molar-refractivity contribution in [2.24, 2.45) is 16.8 Å². The largest absolute Gasteiger partial charge is 0.389 e. The molecular weight excluding hydrogens is 557 g/mol. The molecule has 8 nitrogen and oxygen atoms in total. The molecule has 0 unspecified atom stereocenters. The number of anilines is 1. The maximum absolute atomic E-state index is 13.2. The average molecular weight is 597 g/mol. The van der Waals surface area contributed by atoms with Gasteiger partial charge in [0.15, 0.2) is 0 Å². The lowest BCUT2D eigenvalue weighted by atomic mass is 9.79. The van der Waals surface area contributed by atoms with Gasteiger partial charge >= 0.3 is 6.18 Å². The summed E-state index contributed by atoms with van der Waals surface area (Å²) in [4.78, 5) is 31.0. The number of aryl methyl sites for hydroxylation is 2. The number of alkyl halides is 3. The van der Waals surface area contributed by atoms with Crippen molar-refractivity contribution in [2.75, 3.05) is 25.0 Å². The predicted octanol–water partition coefficient (Wildman–Crippen LogP) is 5.10. The Hall–Kier alpha value is -2.73. The molecule has 2 fully saturated rings. The Balaban J connectivity index is 1.37. The number of aliphatic imine (C=N–C) groups is 1. The molecule has 3 aliphatic rings. The highest BCUT2D eigenvalue weighted by Gasteiger charge is 2.48. The highest BCUT2D eigenvalue weighted by atomic mass is 32.2. The summed E-state index contributed by atoms with van der Waals surface area (Å²) in [7, 11) is -2.06. The molecule has 4 rings (SSSR count). The van der Waals surface area contributed by atoms with Crippen LogP contribution in [0, 0.1) is 25.7 Å². The Morgan fingerprint density at radius 1 is 1.15 bits per heavy atom. The quantitative estimate of drug-likeness (QED) is 0.474. The van der Waals surface area contributed by atoms with E-state index in [1.165, 1.54) is 21.5 Å². The van der Waals surface area contributed by atoms with Crippen molar-refractivity contribution in [1.29, 1.82) is 0 Å². The number of benzene rings is 1. The van der Waals surface area contributed by atoms with E-state index in [9.17, 15) is 31.2 Å². The number of halogens is 3. The monoisotopic (exact) mass is 596 g/mol. The summed E-state index contributed by atoms with van der Waals surface area (Å²) in [6.45, 7) is 5.52. The van der Waals surface area contributed by atoms with Crippen LogP contribution in [0.4, 0.5) is 18.9 Å². The van der Waals surface area contributed by atoms with Crippen LogP contribution in [-0.2, 0) is 19.6 Å². The average Bonchev–Trinajstić information content (AvgIpc) is 3.21. The first kappa shape index (κ1) is 31.2. The van der Waals surface area contributed by atoms with Crippen LogP contribution in [0.2, 0.25) is 0 Å². The summed E-state index contributed by atoms with van der Waals surface area (Å²) in [6, 6.07) is 3.68. The second-order valence-corrected chi connectivity index (χ2v) is 13.5. The van der Waals surface area contributed by atoms with E-state index in [1.807, 2.05) is 26.0 Å². The van der Waals surface area contributed by atoms with Gasteiger partial charge in [0, 0.05) is 50.5 Å². The molecule has 1 saturated carbocycles. The van der Waals surface area contributed by atoms with Crippen LogP contribution >= 0.6 is 0 Å². The first-order chi connectivity index (χ1) is 19.1. The van der Waals surface area contributed by atoms with Crippen molar-refractivity contribution in [2.45, 2.75) is 83.9 Å². The highest BCUT2D eigenvalue weighted by molar-refractivity contribution is 7.92. The number of hydrogen-bond donors (Lipinski definition) is 1. The molecule has 41 heavy (non-hydrogen) atoms. The number of piperidine rings is 1. The van der Waals surface area contributed by atoms with Crippen LogP contribution < -0.4 is 10.2 Å². The van der Waals surface area contributed by atoms with Gasteiger partial charge in [-0.3, -0.25) is 14.6 Å². The first-order valence-corrected chi connectivity index (χ1v) is 15.6. The molecule has 226 valence electrons. The van der Waals surface area contributed by atoms with Crippen molar-refractivity contribution < 1.29 is 31.2 Å². The van der Waals surface area contributed by atoms with E-state index in [0.29, 0.717) is 31.5 Å². The zero-order chi connectivity index (χ0) is 30.2. The fourth-order valence-electron chi connectivity index (χ4n) is 6.11. The van der Waals surface area contributed by atoms with Crippen molar-refractivity contribution in [1.82, 2.24) is 9.62 Å². The molecule has 1 aromatic carbocycles. The number of nitrogens with zero attached hydrogens (tertiary/aromatic N) is 3. The molecule has 0 aromatic heterocycles. The van der Waals surface area contributed by atoms with Gasteiger partial charge in [-0.05, 0) is 99.6 Å². The van der Waals surface area contributed by atoms with Gasteiger partial charge < -0.3 is 10.2 Å². The molecule has 0 atom stereocenters. The molecule has 2 amide bonds. The summed E-state index contributed by atoms with van der Waals surface area (Å²) in [5.41, 5.74) is 2.19. The summed E-state index contributed by atoms with van der Waals surface area (Å²) >= 11 is 0. The normalized spacial score (nSPS) is 23.6. The van der Waals surface area contributed by atoms with Gasteiger partial charge in [0.05, 0.1) is 0 Å². The molecular formula is C29H39F3N4O4S. The van der Waals surface area contributed by atoms with Crippen molar-refractivity contribution in [3.63, 3.8) is 0 Å². The number of hydrogen-bond acceptors (Lipinski definition) is 5. The molecule has 0 bridgehead atoms. The first-order valence-electron chi connectivity index (χ1n) is 14.1. The fourth-order valence-corrected chi connectivity index (χ4v) is 7.28. The smallest absolute Gasteiger partial charge is 0.316 e. The second kappa shape index (κ2) is 11.9. The van der Waals surface area contributed by atoms with E-state index in [0.717, 1.165) is 22.4 Å². The third-order valence-corrected chi connectivity index (χ3v) is 10.4. The Kier molecular flexibility index (Phi) is 9.04. The van der Waals surface area contributed by atoms with Crippen molar-refractivity contribution in [3.05, 3.63) is 34.2 Å². The molecule has 2 aliphatic heterocycles. The zero-order valence-electron chi connectivity index (χ0n) is 24.1. The van der Waals surface area contributed by atoms with Crippen LogP contribution in [-0.4, -0.2) is 62.2 Å². The van der Waals surface area contributed by atoms with Gasteiger partial charge in [-0.15, -0.1) is 0 Å². The molecule has 0 radical (unpaired) electrons. The lowest BCUT2D eigenvalue weighted by molar-refractivity contribution is -0.138. The lowest BCUT2D eigenvalue weighted by Gasteiger charge is -2.34. The molecule has 1 saturated heterocycles. The number of sulfonamides is 1. The zero-order valence-corrected chi connectivity index (χ0v) is 24.9. The van der Waals surface area contributed by atoms with Crippen LogP contribution in [0.25, 0.3) is 6.08 Å².